The normalized spacial score (nSPS) is 22.4. The minimum absolute atomic E-state index is 0.0291. The number of nitrogens with zero attached hydrogens (tertiary/aromatic N) is 3. The van der Waals surface area contributed by atoms with Gasteiger partial charge in [-0.3, -0.25) is 24.4 Å². The van der Waals surface area contributed by atoms with Crippen LogP contribution >= 0.6 is 0 Å². The Morgan fingerprint density at radius 2 is 1.89 bits per heavy atom. The van der Waals surface area contributed by atoms with Crippen LogP contribution in [0.2, 0.25) is 0 Å². The van der Waals surface area contributed by atoms with Crippen molar-refractivity contribution < 1.29 is 9.59 Å². The van der Waals surface area contributed by atoms with Crippen molar-refractivity contribution in [2.75, 3.05) is 32.7 Å². The van der Waals surface area contributed by atoms with E-state index in [1.54, 1.807) is 0 Å². The Morgan fingerprint density at radius 1 is 1.15 bits per heavy atom. The maximum atomic E-state index is 12.4. The standard InChI is InChI=1S/C20H31N5O2/c21-19(26)5-10-23-20(27)17-2-1-11-25(15-17)18-6-12-24(13-7-18)14-16-3-8-22-9-4-16/h3-4,8-9,17-18H,1-2,5-7,10-15H2,(H2,21,26)(H,23,27). The van der Waals surface area contributed by atoms with Gasteiger partial charge in [0, 0.05) is 44.5 Å². The highest BCUT2D eigenvalue weighted by Crippen LogP contribution is 2.24. The van der Waals surface area contributed by atoms with Crippen molar-refractivity contribution >= 4 is 11.8 Å². The van der Waals surface area contributed by atoms with Gasteiger partial charge in [0.2, 0.25) is 11.8 Å². The second kappa shape index (κ2) is 9.80. The Hall–Kier alpha value is -1.99. The first-order chi connectivity index (χ1) is 13.1. The Labute approximate surface area is 161 Å². The average molecular weight is 374 g/mol. The molecule has 7 nitrogen and oxygen atoms in total. The second-order valence-corrected chi connectivity index (χ2v) is 7.70. The molecule has 1 aromatic heterocycles. The fourth-order valence-corrected chi connectivity index (χ4v) is 4.19. The third-order valence-corrected chi connectivity index (χ3v) is 5.72. The zero-order chi connectivity index (χ0) is 19.1. The van der Waals surface area contributed by atoms with Crippen molar-refractivity contribution in [2.24, 2.45) is 11.7 Å². The molecule has 2 aliphatic rings. The predicted molar refractivity (Wildman–Crippen MR) is 104 cm³/mol. The number of nitrogens with two attached hydrogens (primary N) is 1. The number of carbonyl (C=O) groups is 2. The number of hydrogen-bond acceptors (Lipinski definition) is 5. The first kappa shape index (κ1) is 19.8. The van der Waals surface area contributed by atoms with E-state index in [1.165, 1.54) is 5.56 Å². The molecule has 7 heteroatoms. The third kappa shape index (κ3) is 6.01. The van der Waals surface area contributed by atoms with Crippen LogP contribution in [0.25, 0.3) is 0 Å². The minimum Gasteiger partial charge on any atom is -0.370 e. The van der Waals surface area contributed by atoms with Gasteiger partial charge in [0.05, 0.1) is 5.92 Å². The van der Waals surface area contributed by atoms with Gasteiger partial charge in [-0.1, -0.05) is 0 Å². The number of amides is 2. The highest BCUT2D eigenvalue weighted by molar-refractivity contribution is 5.80. The summed E-state index contributed by atoms with van der Waals surface area (Å²) in [5.74, 6) is -0.281. The summed E-state index contributed by atoms with van der Waals surface area (Å²) in [7, 11) is 0. The minimum atomic E-state index is -0.376. The van der Waals surface area contributed by atoms with Crippen molar-refractivity contribution in [3.05, 3.63) is 30.1 Å². The lowest BCUT2D eigenvalue weighted by atomic mass is 9.93. The van der Waals surface area contributed by atoms with Gasteiger partial charge in [-0.15, -0.1) is 0 Å². The molecule has 0 spiro atoms. The average Bonchev–Trinajstić information content (AvgIpc) is 2.69. The van der Waals surface area contributed by atoms with Gasteiger partial charge in [-0.25, -0.2) is 0 Å². The molecule has 1 atom stereocenters. The number of aromatic nitrogens is 1. The van der Waals surface area contributed by atoms with E-state index >= 15 is 0 Å². The SMILES string of the molecule is NC(=O)CCNC(=O)C1CCCN(C2CCN(Cc3ccncc3)CC2)C1. The van der Waals surface area contributed by atoms with E-state index in [1.807, 2.05) is 12.4 Å². The highest BCUT2D eigenvalue weighted by Gasteiger charge is 2.31. The summed E-state index contributed by atoms with van der Waals surface area (Å²) in [6, 6.07) is 4.73. The lowest BCUT2D eigenvalue weighted by Gasteiger charge is -2.42. The molecule has 1 aromatic rings. The molecule has 27 heavy (non-hydrogen) atoms. The van der Waals surface area contributed by atoms with Crippen LogP contribution in [0.1, 0.15) is 37.7 Å². The quantitative estimate of drug-likeness (QED) is 0.736. The van der Waals surface area contributed by atoms with Gasteiger partial charge in [0.25, 0.3) is 0 Å². The summed E-state index contributed by atoms with van der Waals surface area (Å²) < 4.78 is 0. The van der Waals surface area contributed by atoms with Crippen LogP contribution in [-0.2, 0) is 16.1 Å². The van der Waals surface area contributed by atoms with Gasteiger partial charge in [0.15, 0.2) is 0 Å². The topological polar surface area (TPSA) is 91.6 Å². The van der Waals surface area contributed by atoms with Crippen LogP contribution in [0.5, 0.6) is 0 Å². The third-order valence-electron chi connectivity index (χ3n) is 5.72. The monoisotopic (exact) mass is 373 g/mol. The van der Waals surface area contributed by atoms with Crippen LogP contribution < -0.4 is 11.1 Å². The van der Waals surface area contributed by atoms with Gasteiger partial charge < -0.3 is 11.1 Å². The van der Waals surface area contributed by atoms with E-state index < -0.39 is 0 Å². The Kier molecular flexibility index (Phi) is 7.18. The van der Waals surface area contributed by atoms with Crippen molar-refractivity contribution in [1.82, 2.24) is 20.1 Å². The van der Waals surface area contributed by atoms with E-state index in [0.29, 0.717) is 12.6 Å². The molecular formula is C20H31N5O2. The zero-order valence-electron chi connectivity index (χ0n) is 16.0. The number of hydrogen-bond donors (Lipinski definition) is 2. The smallest absolute Gasteiger partial charge is 0.224 e. The van der Waals surface area contributed by atoms with Gasteiger partial charge in [-0.05, 0) is 63.0 Å². The molecular weight excluding hydrogens is 342 g/mol. The van der Waals surface area contributed by atoms with E-state index in [4.69, 9.17) is 5.73 Å². The van der Waals surface area contributed by atoms with Crippen LogP contribution in [0.3, 0.4) is 0 Å². The number of likely N-dealkylation sites (tertiary alicyclic amines) is 2. The summed E-state index contributed by atoms with van der Waals surface area (Å²) in [5, 5.41) is 2.86. The molecule has 0 aliphatic carbocycles. The number of primary amides is 1. The molecule has 0 bridgehead atoms. The number of rotatable bonds is 7. The number of carbonyl (C=O) groups excluding carboxylic acids is 2. The van der Waals surface area contributed by atoms with E-state index in [-0.39, 0.29) is 24.2 Å². The molecule has 1 unspecified atom stereocenters. The molecule has 2 fully saturated rings. The second-order valence-electron chi connectivity index (χ2n) is 7.70. The summed E-state index contributed by atoms with van der Waals surface area (Å²) in [4.78, 5) is 32.3. The number of pyridine rings is 1. The molecule has 3 heterocycles. The maximum absolute atomic E-state index is 12.4. The fourth-order valence-electron chi connectivity index (χ4n) is 4.19. The Balaban J connectivity index is 1.42. The number of piperidine rings is 2. The molecule has 0 aromatic carbocycles. The molecule has 2 amide bonds. The summed E-state index contributed by atoms with van der Waals surface area (Å²) >= 11 is 0. The summed E-state index contributed by atoms with van der Waals surface area (Å²) in [5.41, 5.74) is 6.44. The van der Waals surface area contributed by atoms with Gasteiger partial charge in [0.1, 0.15) is 0 Å². The molecule has 2 saturated heterocycles. The van der Waals surface area contributed by atoms with Crippen molar-refractivity contribution in [1.29, 1.82) is 0 Å². The van der Waals surface area contributed by atoms with Crippen molar-refractivity contribution in [3.8, 4) is 0 Å². The van der Waals surface area contributed by atoms with E-state index in [0.717, 1.165) is 58.4 Å². The Bertz CT molecular complexity index is 616. The predicted octanol–water partition coefficient (Wildman–Crippen LogP) is 0.750. The number of nitrogens with one attached hydrogen (secondary N) is 1. The first-order valence-electron chi connectivity index (χ1n) is 10.0. The molecule has 3 rings (SSSR count). The molecule has 0 radical (unpaired) electrons. The van der Waals surface area contributed by atoms with Crippen LogP contribution in [0, 0.1) is 5.92 Å². The lowest BCUT2D eigenvalue weighted by Crippen LogP contribution is -2.50. The van der Waals surface area contributed by atoms with Gasteiger partial charge in [-0.2, -0.15) is 0 Å². The maximum Gasteiger partial charge on any atom is 0.224 e. The highest BCUT2D eigenvalue weighted by atomic mass is 16.2. The Morgan fingerprint density at radius 3 is 2.59 bits per heavy atom. The van der Waals surface area contributed by atoms with E-state index in [9.17, 15) is 9.59 Å². The molecule has 2 aliphatic heterocycles. The van der Waals surface area contributed by atoms with Crippen molar-refractivity contribution in [3.63, 3.8) is 0 Å². The van der Waals surface area contributed by atoms with Crippen molar-refractivity contribution in [2.45, 2.75) is 44.7 Å². The first-order valence-corrected chi connectivity index (χ1v) is 10.0. The molecule has 0 saturated carbocycles. The van der Waals surface area contributed by atoms with Crippen LogP contribution in [0.15, 0.2) is 24.5 Å². The lowest BCUT2D eigenvalue weighted by molar-refractivity contribution is -0.127. The zero-order valence-corrected chi connectivity index (χ0v) is 16.0. The summed E-state index contributed by atoms with van der Waals surface area (Å²) in [6.45, 7) is 5.44. The molecule has 148 valence electrons. The van der Waals surface area contributed by atoms with Crippen LogP contribution in [0.4, 0.5) is 0 Å². The fraction of sp³-hybridized carbons (Fsp3) is 0.650. The van der Waals surface area contributed by atoms with Crippen LogP contribution in [-0.4, -0.2) is 65.4 Å². The largest absolute Gasteiger partial charge is 0.370 e. The molecule has 3 N–H and O–H groups in total. The van der Waals surface area contributed by atoms with E-state index in [2.05, 4.69) is 32.2 Å². The van der Waals surface area contributed by atoms with Gasteiger partial charge >= 0.3 is 0 Å². The summed E-state index contributed by atoms with van der Waals surface area (Å²) in [6.07, 6.45) is 8.21.